The molecule has 0 aliphatic carbocycles. The van der Waals surface area contributed by atoms with Gasteiger partial charge >= 0.3 is 0 Å². The van der Waals surface area contributed by atoms with Gasteiger partial charge in [-0.1, -0.05) is 23.2 Å². The number of ether oxygens (including phenoxy) is 1. The van der Waals surface area contributed by atoms with Gasteiger partial charge in [0.1, 0.15) is 5.75 Å². The maximum atomic E-state index is 11.8. The summed E-state index contributed by atoms with van der Waals surface area (Å²) in [7, 11) is 0. The van der Waals surface area contributed by atoms with Crippen LogP contribution in [0.5, 0.6) is 5.75 Å². The lowest BCUT2D eigenvalue weighted by Gasteiger charge is -2.10. The van der Waals surface area contributed by atoms with Gasteiger partial charge in [0.15, 0.2) is 6.61 Å². The summed E-state index contributed by atoms with van der Waals surface area (Å²) in [6, 6.07) is 4.78. The zero-order chi connectivity index (χ0) is 18.9. The van der Waals surface area contributed by atoms with E-state index in [1.165, 1.54) is 0 Å². The van der Waals surface area contributed by atoms with Crippen LogP contribution in [-0.2, 0) is 4.79 Å². The smallest absolute Gasteiger partial charge is 0.258 e. The van der Waals surface area contributed by atoms with Crippen LogP contribution in [0.4, 0.5) is 11.9 Å². The quantitative estimate of drug-likeness (QED) is 0.537. The Hall–Kier alpha value is -2.03. The Balaban J connectivity index is 1.71. The van der Waals surface area contributed by atoms with Crippen molar-refractivity contribution in [2.45, 2.75) is 6.92 Å². The first-order valence-electron chi connectivity index (χ1n) is 7.71. The summed E-state index contributed by atoms with van der Waals surface area (Å²) in [6.45, 7) is 3.16. The van der Waals surface area contributed by atoms with Gasteiger partial charge < -0.3 is 20.7 Å². The molecule has 3 N–H and O–H groups in total. The minimum absolute atomic E-state index is 0.0794. The van der Waals surface area contributed by atoms with Crippen LogP contribution in [0.25, 0.3) is 0 Å². The summed E-state index contributed by atoms with van der Waals surface area (Å²) in [5.74, 6) is 0.798. The third-order valence-corrected chi connectivity index (χ3v) is 3.63. The number of rotatable bonds is 9. The lowest BCUT2D eigenvalue weighted by molar-refractivity contribution is -0.123. The van der Waals surface area contributed by atoms with Gasteiger partial charge in [0.25, 0.3) is 5.91 Å². The lowest BCUT2D eigenvalue weighted by atomic mass is 10.3. The van der Waals surface area contributed by atoms with Gasteiger partial charge in [0, 0.05) is 24.7 Å². The van der Waals surface area contributed by atoms with Crippen molar-refractivity contribution < 1.29 is 9.53 Å². The minimum Gasteiger partial charge on any atom is -0.482 e. The number of nitrogens with one attached hydrogen (secondary N) is 3. The number of anilines is 2. The number of hydrogen-bond acceptors (Lipinski definition) is 7. The average Bonchev–Trinajstić information content (AvgIpc) is 2.58. The van der Waals surface area contributed by atoms with Crippen molar-refractivity contribution in [3.63, 3.8) is 0 Å². The Kier molecular flexibility index (Phi) is 7.96. The predicted molar refractivity (Wildman–Crippen MR) is 102 cm³/mol. The summed E-state index contributed by atoms with van der Waals surface area (Å²) in [4.78, 5) is 23.8. The van der Waals surface area contributed by atoms with Crippen LogP contribution in [0.3, 0.4) is 0 Å². The summed E-state index contributed by atoms with van der Waals surface area (Å²) < 4.78 is 5.35. The van der Waals surface area contributed by atoms with E-state index in [0.29, 0.717) is 47.3 Å². The fourth-order valence-electron chi connectivity index (χ4n) is 1.83. The Labute approximate surface area is 165 Å². The molecule has 8 nitrogen and oxygen atoms in total. The molecule has 0 unspecified atom stereocenters. The highest BCUT2D eigenvalue weighted by molar-refractivity contribution is 6.35. The molecular weight excluding hydrogens is 403 g/mol. The highest BCUT2D eigenvalue weighted by Gasteiger charge is 2.07. The Morgan fingerprint density at radius 3 is 2.50 bits per heavy atom. The van der Waals surface area contributed by atoms with Crippen molar-refractivity contribution in [1.29, 1.82) is 0 Å². The highest BCUT2D eigenvalue weighted by atomic mass is 35.5. The van der Waals surface area contributed by atoms with Crippen LogP contribution in [0.2, 0.25) is 15.3 Å². The molecule has 1 amide bonds. The van der Waals surface area contributed by atoms with E-state index < -0.39 is 0 Å². The lowest BCUT2D eigenvalue weighted by Crippen LogP contribution is -2.33. The van der Waals surface area contributed by atoms with Crippen molar-refractivity contribution in [2.75, 3.05) is 36.9 Å². The van der Waals surface area contributed by atoms with Crippen LogP contribution >= 0.6 is 34.8 Å². The maximum absolute atomic E-state index is 11.8. The molecule has 2 rings (SSSR count). The molecule has 0 bridgehead atoms. The van der Waals surface area contributed by atoms with E-state index in [2.05, 4.69) is 30.9 Å². The van der Waals surface area contributed by atoms with Crippen LogP contribution in [0.15, 0.2) is 18.2 Å². The minimum atomic E-state index is -0.292. The second-order valence-electron chi connectivity index (χ2n) is 4.92. The molecule has 140 valence electrons. The molecule has 0 aliphatic rings. The summed E-state index contributed by atoms with van der Waals surface area (Å²) in [5, 5.41) is 9.51. The molecule has 1 aromatic heterocycles. The van der Waals surface area contributed by atoms with Crippen molar-refractivity contribution in [2.24, 2.45) is 0 Å². The number of amides is 1. The SMILES string of the molecule is CCNc1nc(Cl)nc(NCCNC(=O)COc2ccc(Cl)cc2Cl)n1. The van der Waals surface area contributed by atoms with Crippen molar-refractivity contribution in [3.8, 4) is 5.75 Å². The van der Waals surface area contributed by atoms with E-state index in [1.54, 1.807) is 18.2 Å². The predicted octanol–water partition coefficient (Wildman–Crippen LogP) is 2.87. The number of benzene rings is 1. The molecule has 0 atom stereocenters. The number of aromatic nitrogens is 3. The van der Waals surface area contributed by atoms with Crippen molar-refractivity contribution >= 4 is 52.6 Å². The molecule has 0 saturated carbocycles. The van der Waals surface area contributed by atoms with Crippen LogP contribution in [0, 0.1) is 0 Å². The Morgan fingerprint density at radius 2 is 1.81 bits per heavy atom. The molecule has 0 saturated heterocycles. The first-order valence-corrected chi connectivity index (χ1v) is 8.85. The molecule has 0 radical (unpaired) electrons. The zero-order valence-electron chi connectivity index (χ0n) is 13.9. The average molecular weight is 420 g/mol. The third kappa shape index (κ3) is 6.70. The zero-order valence-corrected chi connectivity index (χ0v) is 16.1. The van der Waals surface area contributed by atoms with Crippen LogP contribution in [-0.4, -0.2) is 47.1 Å². The van der Waals surface area contributed by atoms with Gasteiger partial charge in [0.2, 0.25) is 17.2 Å². The number of hydrogen-bond donors (Lipinski definition) is 3. The largest absolute Gasteiger partial charge is 0.482 e. The van der Waals surface area contributed by atoms with Crippen molar-refractivity contribution in [1.82, 2.24) is 20.3 Å². The number of nitrogens with zero attached hydrogens (tertiary/aromatic N) is 3. The normalized spacial score (nSPS) is 10.3. The molecule has 1 heterocycles. The van der Waals surface area contributed by atoms with Crippen LogP contribution < -0.4 is 20.7 Å². The van der Waals surface area contributed by atoms with Crippen molar-refractivity contribution in [3.05, 3.63) is 33.5 Å². The van der Waals surface area contributed by atoms with Gasteiger partial charge in [0.05, 0.1) is 5.02 Å². The summed E-state index contributed by atoms with van der Waals surface area (Å²) in [6.07, 6.45) is 0. The number of halogens is 3. The fourth-order valence-corrected chi connectivity index (χ4v) is 2.45. The second-order valence-corrected chi connectivity index (χ2v) is 6.10. The van der Waals surface area contributed by atoms with E-state index >= 15 is 0 Å². The first kappa shape index (κ1) is 20.3. The molecule has 0 aliphatic heterocycles. The first-order chi connectivity index (χ1) is 12.5. The Morgan fingerprint density at radius 1 is 1.08 bits per heavy atom. The highest BCUT2D eigenvalue weighted by Crippen LogP contribution is 2.27. The van der Waals surface area contributed by atoms with Gasteiger partial charge in [-0.2, -0.15) is 15.0 Å². The van der Waals surface area contributed by atoms with E-state index in [4.69, 9.17) is 39.5 Å². The monoisotopic (exact) mass is 418 g/mol. The number of carbonyl (C=O) groups is 1. The standard InChI is InChI=1S/C15H17Cl3N6O2/c1-2-19-14-22-13(18)23-15(24-14)21-6-5-20-12(25)8-26-11-4-3-9(16)7-10(11)17/h3-4,7H,2,5-6,8H2,1H3,(H,20,25)(H2,19,21,22,23,24). The van der Waals surface area contributed by atoms with Gasteiger partial charge in [-0.25, -0.2) is 0 Å². The molecular formula is C15H17Cl3N6O2. The molecule has 26 heavy (non-hydrogen) atoms. The number of carbonyl (C=O) groups excluding carboxylic acids is 1. The fraction of sp³-hybridized carbons (Fsp3) is 0.333. The maximum Gasteiger partial charge on any atom is 0.258 e. The molecule has 0 spiro atoms. The molecule has 0 fully saturated rings. The summed E-state index contributed by atoms with van der Waals surface area (Å²) in [5.41, 5.74) is 0. The van der Waals surface area contributed by atoms with E-state index in [9.17, 15) is 4.79 Å². The summed E-state index contributed by atoms with van der Waals surface area (Å²) >= 11 is 17.6. The molecule has 11 heteroatoms. The molecule has 2 aromatic rings. The van der Waals surface area contributed by atoms with Crippen LogP contribution in [0.1, 0.15) is 6.92 Å². The van der Waals surface area contributed by atoms with Gasteiger partial charge in [-0.05, 0) is 36.7 Å². The van der Waals surface area contributed by atoms with E-state index in [-0.39, 0.29) is 17.8 Å². The topological polar surface area (TPSA) is 101 Å². The molecule has 1 aromatic carbocycles. The Bertz CT molecular complexity index is 762. The van der Waals surface area contributed by atoms with Gasteiger partial charge in [-0.3, -0.25) is 4.79 Å². The van der Waals surface area contributed by atoms with Gasteiger partial charge in [-0.15, -0.1) is 0 Å². The third-order valence-electron chi connectivity index (χ3n) is 2.93. The van der Waals surface area contributed by atoms with E-state index in [1.807, 2.05) is 6.92 Å². The van der Waals surface area contributed by atoms with E-state index in [0.717, 1.165) is 0 Å². The second kappa shape index (κ2) is 10.2.